The van der Waals surface area contributed by atoms with Gasteiger partial charge in [-0.25, -0.2) is 0 Å². The summed E-state index contributed by atoms with van der Waals surface area (Å²) in [6.45, 7) is 3.45. The highest BCUT2D eigenvalue weighted by atomic mass is 16.3. The van der Waals surface area contributed by atoms with Crippen molar-refractivity contribution >= 4 is 0 Å². The van der Waals surface area contributed by atoms with E-state index in [2.05, 4.69) is 0 Å². The maximum Gasteiger partial charge on any atom is 0.0624 e. The predicted octanol–water partition coefficient (Wildman–Crippen LogP) is 1.07. The van der Waals surface area contributed by atoms with E-state index in [1.807, 2.05) is 30.3 Å². The summed E-state index contributed by atoms with van der Waals surface area (Å²) < 4.78 is 0. The molecule has 4 N–H and O–H groups in total. The van der Waals surface area contributed by atoms with Crippen molar-refractivity contribution in [1.29, 1.82) is 0 Å². The van der Waals surface area contributed by atoms with Crippen molar-refractivity contribution in [3.8, 4) is 0 Å². The number of nitrogens with two attached hydrogens (primary N) is 1. The van der Waals surface area contributed by atoms with Crippen molar-refractivity contribution < 1.29 is 10.2 Å². The van der Waals surface area contributed by atoms with Gasteiger partial charge in [-0.15, -0.1) is 0 Å². The van der Waals surface area contributed by atoms with Crippen LogP contribution in [0.4, 0.5) is 0 Å². The summed E-state index contributed by atoms with van der Waals surface area (Å²) in [6.07, 6.45) is -0.167. The summed E-state index contributed by atoms with van der Waals surface area (Å²) >= 11 is 0. The topological polar surface area (TPSA) is 66.5 Å². The molecule has 1 rings (SSSR count). The van der Waals surface area contributed by atoms with Gasteiger partial charge in [-0.2, -0.15) is 0 Å². The summed E-state index contributed by atoms with van der Waals surface area (Å²) in [7, 11) is 0. The first-order chi connectivity index (χ1) is 6.57. The number of rotatable bonds is 2. The zero-order valence-corrected chi connectivity index (χ0v) is 8.72. The number of benzene rings is 1. The molecule has 0 radical (unpaired) electrons. The Morgan fingerprint density at radius 2 is 1.64 bits per heavy atom. The van der Waals surface area contributed by atoms with Gasteiger partial charge in [0.25, 0.3) is 0 Å². The molecule has 0 aliphatic heterocycles. The van der Waals surface area contributed by atoms with Crippen LogP contribution in [-0.2, 0) is 0 Å². The van der Waals surface area contributed by atoms with Crippen LogP contribution in [0.25, 0.3) is 0 Å². The average molecular weight is 197 g/mol. The number of aliphatic hydroxyl groups excluding tert-OH is 2. The van der Waals surface area contributed by atoms with Gasteiger partial charge in [0.15, 0.2) is 0 Å². The van der Waals surface area contributed by atoms with Gasteiger partial charge in [0.05, 0.1) is 12.6 Å². The van der Waals surface area contributed by atoms with Crippen LogP contribution >= 0.6 is 0 Å². The maximum absolute atomic E-state index is 8.66. The van der Waals surface area contributed by atoms with Crippen LogP contribution in [0.15, 0.2) is 30.3 Å². The standard InChI is InChI=1S/C8H11NO.C3H8O/c9-8(6-10)7-4-2-1-3-5-7;1-3(2)4/h1-5,8,10H,6,9H2;3-4H,1-2H3/t8-;/m1./s1. The third-order valence-corrected chi connectivity index (χ3v) is 1.42. The smallest absolute Gasteiger partial charge is 0.0624 e. The van der Waals surface area contributed by atoms with Crippen molar-refractivity contribution in [1.82, 2.24) is 0 Å². The van der Waals surface area contributed by atoms with E-state index in [0.717, 1.165) is 5.56 Å². The third-order valence-electron chi connectivity index (χ3n) is 1.42. The van der Waals surface area contributed by atoms with E-state index in [1.54, 1.807) is 13.8 Å². The average Bonchev–Trinajstić information content (AvgIpc) is 2.17. The molecule has 0 saturated heterocycles. The third kappa shape index (κ3) is 6.60. The number of hydrogen-bond donors (Lipinski definition) is 3. The summed E-state index contributed by atoms with van der Waals surface area (Å²) in [5, 5.41) is 16.7. The van der Waals surface area contributed by atoms with Gasteiger partial charge in [0.1, 0.15) is 0 Å². The largest absolute Gasteiger partial charge is 0.394 e. The van der Waals surface area contributed by atoms with Crippen LogP contribution in [-0.4, -0.2) is 22.9 Å². The second-order valence-electron chi connectivity index (χ2n) is 3.29. The Kier molecular flexibility index (Phi) is 7.02. The van der Waals surface area contributed by atoms with Gasteiger partial charge in [0, 0.05) is 6.10 Å². The zero-order chi connectivity index (χ0) is 11.0. The minimum Gasteiger partial charge on any atom is -0.394 e. The first-order valence-electron chi connectivity index (χ1n) is 4.67. The molecule has 0 aliphatic rings. The molecule has 14 heavy (non-hydrogen) atoms. The highest BCUT2D eigenvalue weighted by Crippen LogP contribution is 2.06. The molecular formula is C11H19NO2. The summed E-state index contributed by atoms with van der Waals surface area (Å²) in [4.78, 5) is 0. The van der Waals surface area contributed by atoms with Gasteiger partial charge in [0.2, 0.25) is 0 Å². The lowest BCUT2D eigenvalue weighted by Crippen LogP contribution is -2.13. The Morgan fingerprint density at radius 1 is 1.21 bits per heavy atom. The Bertz CT molecular complexity index is 221. The van der Waals surface area contributed by atoms with Crippen molar-refractivity contribution in [2.24, 2.45) is 5.73 Å². The Balaban J connectivity index is 0.000000364. The van der Waals surface area contributed by atoms with Crippen molar-refractivity contribution in [3.05, 3.63) is 35.9 Å². The molecule has 80 valence electrons. The molecule has 1 atom stereocenters. The van der Waals surface area contributed by atoms with Crippen LogP contribution < -0.4 is 5.73 Å². The molecule has 0 aromatic heterocycles. The van der Waals surface area contributed by atoms with Crippen molar-refractivity contribution in [2.45, 2.75) is 26.0 Å². The van der Waals surface area contributed by atoms with Gasteiger partial charge in [-0.3, -0.25) is 0 Å². The molecule has 0 unspecified atom stereocenters. The van der Waals surface area contributed by atoms with Crippen molar-refractivity contribution in [2.75, 3.05) is 6.61 Å². The van der Waals surface area contributed by atoms with E-state index < -0.39 is 0 Å². The summed E-state index contributed by atoms with van der Waals surface area (Å²) in [6, 6.07) is 9.31. The van der Waals surface area contributed by atoms with E-state index >= 15 is 0 Å². The second-order valence-corrected chi connectivity index (χ2v) is 3.29. The molecule has 0 fully saturated rings. The number of aliphatic hydroxyl groups is 2. The lowest BCUT2D eigenvalue weighted by molar-refractivity contribution is 0.216. The minimum absolute atomic E-state index is 0.00398. The minimum atomic E-state index is -0.235. The van der Waals surface area contributed by atoms with Crippen LogP contribution in [0.1, 0.15) is 25.5 Å². The SMILES string of the molecule is CC(C)O.N[C@H](CO)c1ccccc1. The maximum atomic E-state index is 8.66. The lowest BCUT2D eigenvalue weighted by Gasteiger charge is -2.06. The van der Waals surface area contributed by atoms with E-state index in [-0.39, 0.29) is 18.8 Å². The highest BCUT2D eigenvalue weighted by molar-refractivity contribution is 5.18. The predicted molar refractivity (Wildman–Crippen MR) is 57.8 cm³/mol. The summed E-state index contributed by atoms with van der Waals surface area (Å²) in [5.41, 5.74) is 6.52. The molecule has 0 aliphatic carbocycles. The quantitative estimate of drug-likeness (QED) is 0.664. The Labute approximate surface area is 85.2 Å². The molecule has 3 nitrogen and oxygen atoms in total. The lowest BCUT2D eigenvalue weighted by atomic mass is 10.1. The Morgan fingerprint density at radius 3 is 2.00 bits per heavy atom. The van der Waals surface area contributed by atoms with Crippen LogP contribution in [0.3, 0.4) is 0 Å². The van der Waals surface area contributed by atoms with Gasteiger partial charge in [-0.1, -0.05) is 30.3 Å². The van der Waals surface area contributed by atoms with Crippen molar-refractivity contribution in [3.63, 3.8) is 0 Å². The fourth-order valence-corrected chi connectivity index (χ4v) is 0.806. The fourth-order valence-electron chi connectivity index (χ4n) is 0.806. The molecule has 3 heteroatoms. The first-order valence-corrected chi connectivity index (χ1v) is 4.67. The number of hydrogen-bond acceptors (Lipinski definition) is 3. The highest BCUT2D eigenvalue weighted by Gasteiger charge is 2.00. The molecule has 0 spiro atoms. The normalized spacial score (nSPS) is 11.9. The molecule has 1 aromatic rings. The second kappa shape index (κ2) is 7.50. The molecular weight excluding hydrogens is 178 g/mol. The summed E-state index contributed by atoms with van der Waals surface area (Å²) in [5.74, 6) is 0. The Hall–Kier alpha value is -0.900. The van der Waals surface area contributed by atoms with Crippen LogP contribution in [0.2, 0.25) is 0 Å². The molecule has 0 saturated carbocycles. The monoisotopic (exact) mass is 197 g/mol. The van der Waals surface area contributed by atoms with Gasteiger partial charge in [-0.05, 0) is 19.4 Å². The van der Waals surface area contributed by atoms with E-state index in [9.17, 15) is 0 Å². The fraction of sp³-hybridized carbons (Fsp3) is 0.455. The first kappa shape index (κ1) is 13.1. The molecule has 0 bridgehead atoms. The van der Waals surface area contributed by atoms with Gasteiger partial charge < -0.3 is 15.9 Å². The van der Waals surface area contributed by atoms with E-state index in [0.29, 0.717) is 0 Å². The molecule has 0 heterocycles. The molecule has 1 aromatic carbocycles. The van der Waals surface area contributed by atoms with Gasteiger partial charge >= 0.3 is 0 Å². The van der Waals surface area contributed by atoms with Crippen LogP contribution in [0, 0.1) is 0 Å². The van der Waals surface area contributed by atoms with E-state index in [1.165, 1.54) is 0 Å². The van der Waals surface area contributed by atoms with Crippen LogP contribution in [0.5, 0.6) is 0 Å². The van der Waals surface area contributed by atoms with E-state index in [4.69, 9.17) is 15.9 Å². The molecule has 0 amide bonds. The zero-order valence-electron chi connectivity index (χ0n) is 8.72.